The van der Waals surface area contributed by atoms with Crippen molar-refractivity contribution < 1.29 is 23.9 Å². The summed E-state index contributed by atoms with van der Waals surface area (Å²) in [6.45, 7) is 13.7. The van der Waals surface area contributed by atoms with Crippen LogP contribution in [-0.4, -0.2) is 35.2 Å². The van der Waals surface area contributed by atoms with E-state index in [2.05, 4.69) is 19.2 Å². The quantitative estimate of drug-likeness (QED) is 0.290. The van der Waals surface area contributed by atoms with E-state index in [-0.39, 0.29) is 13.2 Å². The highest BCUT2D eigenvalue weighted by atomic mass is 16.6. The van der Waals surface area contributed by atoms with E-state index in [1.54, 1.807) is 24.3 Å². The Kier molecular flexibility index (Phi) is 10.3. The maximum Gasteiger partial charge on any atom is 0.407 e. The Morgan fingerprint density at radius 2 is 1.61 bits per heavy atom. The minimum Gasteiger partial charge on any atom is -0.462 e. The molecule has 0 aliphatic carbocycles. The Hall–Kier alpha value is -4.20. The van der Waals surface area contributed by atoms with Gasteiger partial charge in [-0.3, -0.25) is 9.78 Å². The lowest BCUT2D eigenvalue weighted by atomic mass is 9.89. The SMILES string of the molecule is Cc1ccc(-c2c(CNC(=O)OC(C)(C)C)c(CC(C)C)nc(C)c2C(=O)OCCc2ccc(C(N)=O)cc2)cc1. The third-order valence-electron chi connectivity index (χ3n) is 6.38. The predicted molar refractivity (Wildman–Crippen MR) is 160 cm³/mol. The highest BCUT2D eigenvalue weighted by Crippen LogP contribution is 2.33. The van der Waals surface area contributed by atoms with Gasteiger partial charge in [-0.05, 0) is 70.2 Å². The molecular weight excluding hydrogens is 518 g/mol. The lowest BCUT2D eigenvalue weighted by molar-refractivity contribution is 0.0505. The average molecular weight is 560 g/mol. The number of alkyl carbamates (subject to hydrolysis) is 1. The number of primary amides is 1. The number of hydrogen-bond donors (Lipinski definition) is 2. The van der Waals surface area contributed by atoms with Gasteiger partial charge in [-0.1, -0.05) is 55.8 Å². The number of nitrogens with one attached hydrogen (secondary N) is 1. The molecular formula is C33H41N3O5. The number of nitrogens with two attached hydrogens (primary N) is 1. The molecule has 0 aliphatic rings. The summed E-state index contributed by atoms with van der Waals surface area (Å²) in [6.07, 6.45) is 0.590. The Labute approximate surface area is 242 Å². The first-order chi connectivity index (χ1) is 19.2. The number of esters is 1. The van der Waals surface area contributed by atoms with Crippen molar-refractivity contribution in [2.24, 2.45) is 11.7 Å². The molecule has 3 rings (SSSR count). The van der Waals surface area contributed by atoms with Crippen molar-refractivity contribution in [3.05, 3.63) is 87.7 Å². The Bertz CT molecular complexity index is 1390. The number of hydrogen-bond acceptors (Lipinski definition) is 6. The van der Waals surface area contributed by atoms with Crippen LogP contribution in [0.15, 0.2) is 48.5 Å². The zero-order chi connectivity index (χ0) is 30.3. The van der Waals surface area contributed by atoms with Gasteiger partial charge in [0.25, 0.3) is 0 Å². The molecule has 2 aromatic carbocycles. The highest BCUT2D eigenvalue weighted by Gasteiger charge is 2.26. The molecule has 1 aromatic heterocycles. The van der Waals surface area contributed by atoms with Crippen molar-refractivity contribution in [2.45, 2.75) is 73.5 Å². The normalized spacial score (nSPS) is 11.3. The first-order valence-corrected chi connectivity index (χ1v) is 13.9. The van der Waals surface area contributed by atoms with Crippen LogP contribution in [-0.2, 0) is 28.9 Å². The van der Waals surface area contributed by atoms with Crippen LogP contribution in [0.3, 0.4) is 0 Å². The van der Waals surface area contributed by atoms with E-state index in [1.807, 2.05) is 58.9 Å². The van der Waals surface area contributed by atoms with Gasteiger partial charge in [0.1, 0.15) is 5.60 Å². The van der Waals surface area contributed by atoms with Crippen LogP contribution in [0.4, 0.5) is 4.79 Å². The molecule has 0 spiro atoms. The molecule has 8 nitrogen and oxygen atoms in total. The number of ether oxygens (including phenoxy) is 2. The van der Waals surface area contributed by atoms with E-state index in [1.165, 1.54) is 0 Å². The molecule has 2 amide bonds. The largest absolute Gasteiger partial charge is 0.462 e. The van der Waals surface area contributed by atoms with Crippen LogP contribution >= 0.6 is 0 Å². The van der Waals surface area contributed by atoms with E-state index in [0.717, 1.165) is 27.9 Å². The third-order valence-corrected chi connectivity index (χ3v) is 6.38. The minimum absolute atomic E-state index is 0.139. The summed E-state index contributed by atoms with van der Waals surface area (Å²) in [5.74, 6) is -0.687. The van der Waals surface area contributed by atoms with Gasteiger partial charge in [0.05, 0.1) is 17.9 Å². The van der Waals surface area contributed by atoms with Gasteiger partial charge in [0, 0.05) is 35.3 Å². The number of amides is 2. The van der Waals surface area contributed by atoms with Crippen LogP contribution in [0, 0.1) is 19.8 Å². The van der Waals surface area contributed by atoms with Gasteiger partial charge in [0.15, 0.2) is 0 Å². The van der Waals surface area contributed by atoms with Crippen molar-refractivity contribution in [1.29, 1.82) is 0 Å². The maximum absolute atomic E-state index is 13.6. The smallest absolute Gasteiger partial charge is 0.407 e. The number of carbonyl (C=O) groups is 3. The van der Waals surface area contributed by atoms with Gasteiger partial charge in [-0.15, -0.1) is 0 Å². The zero-order valence-corrected chi connectivity index (χ0v) is 25.1. The van der Waals surface area contributed by atoms with Crippen LogP contribution in [0.5, 0.6) is 0 Å². The highest BCUT2D eigenvalue weighted by molar-refractivity contribution is 5.99. The Morgan fingerprint density at radius 1 is 0.976 bits per heavy atom. The van der Waals surface area contributed by atoms with Crippen LogP contribution in [0.1, 0.15) is 83.4 Å². The number of aromatic nitrogens is 1. The van der Waals surface area contributed by atoms with Gasteiger partial charge in [-0.25, -0.2) is 9.59 Å². The Balaban J connectivity index is 2.00. The monoisotopic (exact) mass is 559 g/mol. The van der Waals surface area contributed by atoms with Gasteiger partial charge < -0.3 is 20.5 Å². The lowest BCUT2D eigenvalue weighted by Gasteiger charge is -2.23. The summed E-state index contributed by atoms with van der Waals surface area (Å²) in [5.41, 5.74) is 11.1. The fourth-order valence-electron chi connectivity index (χ4n) is 4.48. The zero-order valence-electron chi connectivity index (χ0n) is 25.1. The number of pyridine rings is 1. The van der Waals surface area contributed by atoms with Gasteiger partial charge in [0.2, 0.25) is 5.91 Å². The van der Waals surface area contributed by atoms with E-state index >= 15 is 0 Å². The molecule has 0 fully saturated rings. The minimum atomic E-state index is -0.648. The van der Waals surface area contributed by atoms with Crippen molar-refractivity contribution in [2.75, 3.05) is 6.61 Å². The average Bonchev–Trinajstić information content (AvgIpc) is 2.87. The van der Waals surface area contributed by atoms with Crippen LogP contribution in [0.25, 0.3) is 11.1 Å². The second kappa shape index (κ2) is 13.4. The molecule has 218 valence electrons. The standard InChI is InChI=1S/C33H41N3O5/c1-20(2)18-27-26(19-35-32(39)41-33(5,6)7)29(24-12-8-21(3)9-13-24)28(22(4)36-27)31(38)40-17-16-23-10-14-25(15-11-23)30(34)37/h8-15,20H,16-19H2,1-7H3,(H2,34,37)(H,35,39). The lowest BCUT2D eigenvalue weighted by Crippen LogP contribution is -2.33. The van der Waals surface area contributed by atoms with Crippen LogP contribution in [0.2, 0.25) is 0 Å². The summed E-state index contributed by atoms with van der Waals surface area (Å²) in [7, 11) is 0. The molecule has 3 N–H and O–H groups in total. The molecule has 0 unspecified atom stereocenters. The summed E-state index contributed by atoms with van der Waals surface area (Å²) in [5, 5.41) is 2.87. The number of benzene rings is 2. The number of carbonyl (C=O) groups excluding carboxylic acids is 3. The first-order valence-electron chi connectivity index (χ1n) is 13.9. The van der Waals surface area contributed by atoms with E-state index in [4.69, 9.17) is 20.2 Å². The Morgan fingerprint density at radius 3 is 2.17 bits per heavy atom. The molecule has 0 atom stereocenters. The van der Waals surface area contributed by atoms with Crippen LogP contribution < -0.4 is 11.1 Å². The molecule has 8 heteroatoms. The summed E-state index contributed by atoms with van der Waals surface area (Å²) >= 11 is 0. The van der Waals surface area contributed by atoms with E-state index < -0.39 is 23.6 Å². The third kappa shape index (κ3) is 8.90. The van der Waals surface area contributed by atoms with Crippen molar-refractivity contribution >= 4 is 18.0 Å². The maximum atomic E-state index is 13.6. The van der Waals surface area contributed by atoms with Crippen molar-refractivity contribution in [1.82, 2.24) is 10.3 Å². The van der Waals surface area contributed by atoms with Crippen molar-refractivity contribution in [3.63, 3.8) is 0 Å². The summed E-state index contributed by atoms with van der Waals surface area (Å²) in [4.78, 5) is 42.4. The molecule has 0 saturated heterocycles. The molecule has 3 aromatic rings. The number of nitrogens with zero attached hydrogens (tertiary/aromatic N) is 1. The molecule has 0 bridgehead atoms. The fourth-order valence-corrected chi connectivity index (χ4v) is 4.48. The molecule has 41 heavy (non-hydrogen) atoms. The van der Waals surface area contributed by atoms with Crippen molar-refractivity contribution in [3.8, 4) is 11.1 Å². The predicted octanol–water partition coefficient (Wildman–Crippen LogP) is 6.09. The van der Waals surface area contributed by atoms with E-state index in [0.29, 0.717) is 41.1 Å². The summed E-state index contributed by atoms with van der Waals surface area (Å²) in [6, 6.07) is 14.8. The topological polar surface area (TPSA) is 121 Å². The molecule has 1 heterocycles. The summed E-state index contributed by atoms with van der Waals surface area (Å²) < 4.78 is 11.2. The van der Waals surface area contributed by atoms with Gasteiger partial charge >= 0.3 is 12.1 Å². The van der Waals surface area contributed by atoms with Gasteiger partial charge in [-0.2, -0.15) is 0 Å². The molecule has 0 saturated carbocycles. The second-order valence-corrected chi connectivity index (χ2v) is 11.6. The molecule has 0 aliphatic heterocycles. The fraction of sp³-hybridized carbons (Fsp3) is 0.394. The number of aryl methyl sites for hydroxylation is 2. The molecule has 0 radical (unpaired) electrons. The second-order valence-electron chi connectivity index (χ2n) is 11.6. The first kappa shape index (κ1) is 31.3. The number of rotatable bonds is 10. The van der Waals surface area contributed by atoms with E-state index in [9.17, 15) is 14.4 Å².